The van der Waals surface area contributed by atoms with Crippen LogP contribution in [0.1, 0.15) is 11.3 Å². The SMILES string of the molecule is O=C(O)C(F)(F)F.O=S(=O)(c1ccccc1)n1cc(-c2nc(Nc3ccc4[nH]c5c(c4c3)CNCC5)ncc2F)c2ccccc21. The fraction of sp³-hybridized carbons (Fsp3) is 0.129. The highest BCUT2D eigenvalue weighted by Gasteiger charge is 2.38. The second-order valence-corrected chi connectivity index (χ2v) is 12.1. The number of anilines is 2. The molecule has 3 aromatic heterocycles. The van der Waals surface area contributed by atoms with E-state index in [0.717, 1.165) is 42.3 Å². The molecule has 0 fully saturated rings. The maximum absolute atomic E-state index is 15.2. The van der Waals surface area contributed by atoms with Crippen LogP contribution in [0.3, 0.4) is 0 Å². The molecule has 236 valence electrons. The van der Waals surface area contributed by atoms with Crippen LogP contribution < -0.4 is 10.6 Å². The molecule has 0 saturated carbocycles. The van der Waals surface area contributed by atoms with Crippen molar-refractivity contribution in [2.24, 2.45) is 0 Å². The fourth-order valence-electron chi connectivity index (χ4n) is 5.21. The number of para-hydroxylation sites is 1. The number of hydrogen-bond acceptors (Lipinski definition) is 7. The second kappa shape index (κ2) is 11.9. The molecule has 15 heteroatoms. The van der Waals surface area contributed by atoms with E-state index in [1.165, 1.54) is 33.6 Å². The minimum atomic E-state index is -5.08. The van der Waals surface area contributed by atoms with Crippen LogP contribution in [-0.2, 0) is 27.8 Å². The highest BCUT2D eigenvalue weighted by Crippen LogP contribution is 2.34. The molecule has 46 heavy (non-hydrogen) atoms. The lowest BCUT2D eigenvalue weighted by Crippen LogP contribution is -2.22. The standard InChI is InChI=1S/C29H23FN6O2S.C2HF3O2/c30-24-16-32-29(33-18-10-11-25-21(14-18)22-15-31-13-12-26(22)34-25)35-28(24)23-17-36(27-9-5-4-8-20(23)27)39(37,38)19-6-2-1-3-7-19;3-2(4,5)1(6)7/h1-11,14,16-17,31,34H,12-13,15H2,(H,32,33,35);(H,6,7). The number of nitrogens with zero attached hydrogens (tertiary/aromatic N) is 3. The number of carbonyl (C=O) groups is 1. The number of aromatic amines is 1. The van der Waals surface area contributed by atoms with Crippen molar-refractivity contribution in [1.82, 2.24) is 24.2 Å². The van der Waals surface area contributed by atoms with Crippen molar-refractivity contribution in [3.05, 3.63) is 102 Å². The summed E-state index contributed by atoms with van der Waals surface area (Å²) in [6, 6.07) is 21.1. The van der Waals surface area contributed by atoms with Gasteiger partial charge in [0.2, 0.25) is 5.95 Å². The number of alkyl halides is 3. The lowest BCUT2D eigenvalue weighted by molar-refractivity contribution is -0.192. The molecule has 7 rings (SSSR count). The first-order chi connectivity index (χ1) is 21.9. The highest BCUT2D eigenvalue weighted by molar-refractivity contribution is 7.90. The summed E-state index contributed by atoms with van der Waals surface area (Å²) in [7, 11) is -3.92. The van der Waals surface area contributed by atoms with Crippen LogP contribution in [0, 0.1) is 5.82 Å². The highest BCUT2D eigenvalue weighted by atomic mass is 32.2. The number of hydrogen-bond donors (Lipinski definition) is 4. The van der Waals surface area contributed by atoms with Crippen molar-refractivity contribution in [2.75, 3.05) is 11.9 Å². The Morgan fingerprint density at radius 3 is 2.46 bits per heavy atom. The average Bonchev–Trinajstić information content (AvgIpc) is 3.61. The molecule has 10 nitrogen and oxygen atoms in total. The van der Waals surface area contributed by atoms with E-state index >= 15 is 4.39 Å². The molecular formula is C31H24F4N6O4S. The Hall–Kier alpha value is -5.28. The minimum Gasteiger partial charge on any atom is -0.475 e. The number of halogens is 4. The molecule has 0 bridgehead atoms. The van der Waals surface area contributed by atoms with Crippen molar-refractivity contribution < 1.29 is 35.9 Å². The zero-order chi connectivity index (χ0) is 32.6. The summed E-state index contributed by atoms with van der Waals surface area (Å²) in [5.74, 6) is -3.20. The van der Waals surface area contributed by atoms with E-state index in [4.69, 9.17) is 9.90 Å². The summed E-state index contributed by atoms with van der Waals surface area (Å²) in [4.78, 5) is 21.2. The van der Waals surface area contributed by atoms with E-state index in [1.54, 1.807) is 42.5 Å². The summed E-state index contributed by atoms with van der Waals surface area (Å²) >= 11 is 0. The molecule has 4 heterocycles. The Balaban J connectivity index is 0.000000480. The summed E-state index contributed by atoms with van der Waals surface area (Å²) in [6.45, 7) is 1.74. The summed E-state index contributed by atoms with van der Waals surface area (Å²) in [6.07, 6.45) is -1.61. The molecule has 0 saturated heterocycles. The Morgan fingerprint density at radius 2 is 1.72 bits per heavy atom. The van der Waals surface area contributed by atoms with Crippen molar-refractivity contribution in [3.8, 4) is 11.3 Å². The third kappa shape index (κ3) is 5.89. The third-order valence-corrected chi connectivity index (χ3v) is 9.01. The normalized spacial score (nSPS) is 13.2. The number of aliphatic carboxylic acids is 1. The van der Waals surface area contributed by atoms with Gasteiger partial charge in [0, 0.05) is 58.9 Å². The van der Waals surface area contributed by atoms with E-state index < -0.39 is 28.0 Å². The quantitative estimate of drug-likeness (QED) is 0.167. The Labute approximate surface area is 258 Å². The van der Waals surface area contributed by atoms with E-state index in [0.29, 0.717) is 16.5 Å². The first kappa shape index (κ1) is 30.7. The van der Waals surface area contributed by atoms with Crippen LogP contribution >= 0.6 is 0 Å². The number of carboxylic acids is 1. The molecule has 0 atom stereocenters. The maximum Gasteiger partial charge on any atom is 0.490 e. The van der Waals surface area contributed by atoms with Crippen molar-refractivity contribution in [3.63, 3.8) is 0 Å². The Morgan fingerprint density at radius 1 is 1.00 bits per heavy atom. The minimum absolute atomic E-state index is 0.00927. The smallest absolute Gasteiger partial charge is 0.475 e. The second-order valence-electron chi connectivity index (χ2n) is 10.3. The lowest BCUT2D eigenvalue weighted by Gasteiger charge is -2.12. The largest absolute Gasteiger partial charge is 0.490 e. The Kier molecular flexibility index (Phi) is 7.96. The van der Waals surface area contributed by atoms with Gasteiger partial charge in [-0.3, -0.25) is 0 Å². The van der Waals surface area contributed by atoms with Gasteiger partial charge in [-0.25, -0.2) is 31.5 Å². The predicted molar refractivity (Wildman–Crippen MR) is 163 cm³/mol. The number of rotatable bonds is 5. The van der Waals surface area contributed by atoms with Gasteiger partial charge in [-0.15, -0.1) is 0 Å². The molecule has 1 aliphatic rings. The average molecular weight is 653 g/mol. The fourth-order valence-corrected chi connectivity index (χ4v) is 6.60. The van der Waals surface area contributed by atoms with Gasteiger partial charge < -0.3 is 20.7 Å². The topological polar surface area (TPSA) is 142 Å². The van der Waals surface area contributed by atoms with Crippen LogP contribution in [0.4, 0.5) is 29.2 Å². The van der Waals surface area contributed by atoms with Gasteiger partial charge in [-0.05, 0) is 42.0 Å². The molecule has 4 N–H and O–H groups in total. The van der Waals surface area contributed by atoms with Gasteiger partial charge in [0.1, 0.15) is 5.69 Å². The lowest BCUT2D eigenvalue weighted by atomic mass is 10.1. The van der Waals surface area contributed by atoms with Gasteiger partial charge in [0.05, 0.1) is 16.6 Å². The Bertz CT molecular complexity index is 2200. The van der Waals surface area contributed by atoms with Gasteiger partial charge in [-0.2, -0.15) is 13.2 Å². The molecule has 0 aliphatic carbocycles. The van der Waals surface area contributed by atoms with Crippen LogP contribution in [0.25, 0.3) is 33.1 Å². The van der Waals surface area contributed by atoms with E-state index in [1.807, 2.05) is 18.2 Å². The number of fused-ring (bicyclic) bond motifs is 4. The van der Waals surface area contributed by atoms with Crippen LogP contribution in [-0.4, -0.2) is 51.1 Å². The van der Waals surface area contributed by atoms with Crippen LogP contribution in [0.15, 0.2) is 90.1 Å². The van der Waals surface area contributed by atoms with E-state index in [9.17, 15) is 21.6 Å². The summed E-state index contributed by atoms with van der Waals surface area (Å²) in [5, 5.41) is 15.4. The number of aromatic nitrogens is 4. The van der Waals surface area contributed by atoms with Crippen molar-refractivity contribution in [2.45, 2.75) is 24.0 Å². The zero-order valence-corrected chi connectivity index (χ0v) is 24.5. The molecule has 0 radical (unpaired) electrons. The van der Waals surface area contributed by atoms with Gasteiger partial charge in [-0.1, -0.05) is 36.4 Å². The molecule has 3 aromatic carbocycles. The monoisotopic (exact) mass is 652 g/mol. The summed E-state index contributed by atoms with van der Waals surface area (Å²) < 4.78 is 75.1. The number of benzene rings is 3. The number of nitrogens with one attached hydrogen (secondary N) is 3. The van der Waals surface area contributed by atoms with E-state index in [2.05, 4.69) is 25.6 Å². The van der Waals surface area contributed by atoms with Crippen LogP contribution in [0.2, 0.25) is 0 Å². The first-order valence-corrected chi connectivity index (χ1v) is 15.2. The summed E-state index contributed by atoms with van der Waals surface area (Å²) in [5.41, 5.74) is 5.10. The molecular weight excluding hydrogens is 628 g/mol. The third-order valence-electron chi connectivity index (χ3n) is 7.32. The number of H-pyrrole nitrogens is 1. The molecule has 0 amide bonds. The first-order valence-electron chi connectivity index (χ1n) is 13.8. The van der Waals surface area contributed by atoms with Gasteiger partial charge in [0.15, 0.2) is 5.82 Å². The maximum atomic E-state index is 15.2. The molecule has 6 aromatic rings. The zero-order valence-electron chi connectivity index (χ0n) is 23.6. The van der Waals surface area contributed by atoms with Crippen LogP contribution in [0.5, 0.6) is 0 Å². The van der Waals surface area contributed by atoms with Gasteiger partial charge >= 0.3 is 12.1 Å². The van der Waals surface area contributed by atoms with Gasteiger partial charge in [0.25, 0.3) is 10.0 Å². The van der Waals surface area contributed by atoms with E-state index in [-0.39, 0.29) is 16.5 Å². The van der Waals surface area contributed by atoms with Crippen molar-refractivity contribution >= 4 is 49.4 Å². The molecule has 0 spiro atoms. The van der Waals surface area contributed by atoms with Crippen molar-refractivity contribution in [1.29, 1.82) is 0 Å². The molecule has 0 unspecified atom stereocenters. The predicted octanol–water partition coefficient (Wildman–Crippen LogP) is 5.98. The molecule has 1 aliphatic heterocycles. The number of carboxylic acid groups (broad SMARTS) is 1.